The molecule has 0 aliphatic carbocycles. The van der Waals surface area contributed by atoms with Crippen molar-refractivity contribution < 1.29 is 9.53 Å². The van der Waals surface area contributed by atoms with Crippen LogP contribution in [0, 0.1) is 6.92 Å². The van der Waals surface area contributed by atoms with Crippen LogP contribution in [0.4, 0.5) is 0 Å². The molecule has 0 spiro atoms. The van der Waals surface area contributed by atoms with Gasteiger partial charge in [0.05, 0.1) is 29.0 Å². The minimum absolute atomic E-state index is 0.0652. The van der Waals surface area contributed by atoms with E-state index < -0.39 is 0 Å². The van der Waals surface area contributed by atoms with Gasteiger partial charge in [-0.25, -0.2) is 4.98 Å². The molecule has 0 saturated heterocycles. The topological polar surface area (TPSA) is 64.4 Å². The van der Waals surface area contributed by atoms with Crippen LogP contribution in [0.2, 0.25) is 0 Å². The van der Waals surface area contributed by atoms with E-state index in [2.05, 4.69) is 27.7 Å². The SMILES string of the molecule is CCCCN(CCCC)C(=O)CSc1nc2sc3c(c2c(=O)n1-c1cccc(C)c1)CC(C)(C)OC3. The Balaban J connectivity index is 1.74. The number of rotatable bonds is 10. The number of unbranched alkanes of at least 4 members (excludes halogenated alkanes) is 2. The number of thiophene rings is 1. The third-order valence-electron chi connectivity index (χ3n) is 6.57. The fourth-order valence-electron chi connectivity index (χ4n) is 4.54. The predicted octanol–water partition coefficient (Wildman–Crippen LogP) is 6.13. The second kappa shape index (κ2) is 11.5. The van der Waals surface area contributed by atoms with Crippen molar-refractivity contribution in [3.63, 3.8) is 0 Å². The van der Waals surface area contributed by atoms with Crippen LogP contribution in [-0.4, -0.2) is 44.8 Å². The van der Waals surface area contributed by atoms with E-state index >= 15 is 0 Å². The Morgan fingerprint density at radius 2 is 1.94 bits per heavy atom. The summed E-state index contributed by atoms with van der Waals surface area (Å²) < 4.78 is 7.71. The van der Waals surface area contributed by atoms with Gasteiger partial charge in [-0.3, -0.25) is 14.2 Å². The second-order valence-electron chi connectivity index (χ2n) is 10.2. The summed E-state index contributed by atoms with van der Waals surface area (Å²) in [6, 6.07) is 7.91. The summed E-state index contributed by atoms with van der Waals surface area (Å²) in [6.07, 6.45) is 4.78. The maximum Gasteiger partial charge on any atom is 0.267 e. The van der Waals surface area contributed by atoms with Gasteiger partial charge in [-0.05, 0) is 56.9 Å². The van der Waals surface area contributed by atoms with E-state index in [0.717, 1.165) is 65.3 Å². The van der Waals surface area contributed by atoms with Gasteiger partial charge in [-0.15, -0.1) is 11.3 Å². The second-order valence-corrected chi connectivity index (χ2v) is 12.2. The molecule has 6 nitrogen and oxygen atoms in total. The normalized spacial score (nSPS) is 14.7. The molecule has 0 radical (unpaired) electrons. The number of fused-ring (bicyclic) bond motifs is 3. The molecule has 0 N–H and O–H groups in total. The molecule has 0 bridgehead atoms. The summed E-state index contributed by atoms with van der Waals surface area (Å²) in [7, 11) is 0. The summed E-state index contributed by atoms with van der Waals surface area (Å²) in [5.41, 5.74) is 2.53. The lowest BCUT2D eigenvalue weighted by Crippen LogP contribution is -2.34. The summed E-state index contributed by atoms with van der Waals surface area (Å²) in [5.74, 6) is 0.367. The lowest BCUT2D eigenvalue weighted by Gasteiger charge is -2.30. The fourth-order valence-corrected chi connectivity index (χ4v) is 6.60. The highest BCUT2D eigenvalue weighted by atomic mass is 32.2. The maximum absolute atomic E-state index is 14.0. The molecule has 194 valence electrons. The smallest absolute Gasteiger partial charge is 0.267 e. The van der Waals surface area contributed by atoms with Crippen LogP contribution in [0.3, 0.4) is 0 Å². The number of benzene rings is 1. The number of aromatic nitrogens is 2. The average Bonchev–Trinajstić information content (AvgIpc) is 3.19. The number of hydrogen-bond acceptors (Lipinski definition) is 6. The Hall–Kier alpha value is -2.16. The molecular formula is C28H37N3O3S2. The Morgan fingerprint density at radius 1 is 1.22 bits per heavy atom. The molecule has 1 amide bonds. The maximum atomic E-state index is 14.0. The van der Waals surface area contributed by atoms with Crippen LogP contribution in [-0.2, 0) is 22.6 Å². The van der Waals surface area contributed by atoms with E-state index in [9.17, 15) is 9.59 Å². The molecule has 3 heterocycles. The van der Waals surface area contributed by atoms with Gasteiger partial charge in [0.2, 0.25) is 5.91 Å². The summed E-state index contributed by atoms with van der Waals surface area (Å²) >= 11 is 2.90. The molecular weight excluding hydrogens is 490 g/mol. The van der Waals surface area contributed by atoms with E-state index in [1.807, 2.05) is 36.1 Å². The van der Waals surface area contributed by atoms with Gasteiger partial charge in [0.15, 0.2) is 5.16 Å². The molecule has 1 aliphatic heterocycles. The van der Waals surface area contributed by atoms with Crippen molar-refractivity contribution in [1.29, 1.82) is 0 Å². The molecule has 8 heteroatoms. The van der Waals surface area contributed by atoms with Gasteiger partial charge in [0, 0.05) is 24.4 Å². The largest absolute Gasteiger partial charge is 0.370 e. The Bertz CT molecular complexity index is 1290. The first-order chi connectivity index (χ1) is 17.2. The third kappa shape index (κ3) is 5.87. The van der Waals surface area contributed by atoms with Gasteiger partial charge in [-0.1, -0.05) is 50.6 Å². The lowest BCUT2D eigenvalue weighted by molar-refractivity contribution is -0.128. The lowest BCUT2D eigenvalue weighted by atomic mass is 9.94. The highest BCUT2D eigenvalue weighted by molar-refractivity contribution is 7.99. The van der Waals surface area contributed by atoms with Crippen LogP contribution < -0.4 is 5.56 Å². The Labute approximate surface area is 222 Å². The van der Waals surface area contributed by atoms with Crippen molar-refractivity contribution in [2.45, 2.75) is 84.1 Å². The van der Waals surface area contributed by atoms with Crippen molar-refractivity contribution >= 4 is 39.2 Å². The number of amides is 1. The summed E-state index contributed by atoms with van der Waals surface area (Å²) in [6.45, 7) is 12.5. The minimum atomic E-state index is -0.318. The van der Waals surface area contributed by atoms with Gasteiger partial charge < -0.3 is 9.64 Å². The van der Waals surface area contributed by atoms with Gasteiger partial charge >= 0.3 is 0 Å². The number of aryl methyl sites for hydroxylation is 1. The fraction of sp³-hybridized carbons (Fsp3) is 0.536. The number of carbonyl (C=O) groups is 1. The molecule has 0 atom stereocenters. The molecule has 2 aromatic heterocycles. The third-order valence-corrected chi connectivity index (χ3v) is 8.60. The van der Waals surface area contributed by atoms with Gasteiger partial charge in [-0.2, -0.15) is 0 Å². The zero-order chi connectivity index (χ0) is 25.9. The van der Waals surface area contributed by atoms with Gasteiger partial charge in [0.25, 0.3) is 5.56 Å². The van der Waals surface area contributed by atoms with Crippen molar-refractivity contribution in [2.75, 3.05) is 18.8 Å². The molecule has 0 unspecified atom stereocenters. The quantitative estimate of drug-likeness (QED) is 0.234. The van der Waals surface area contributed by atoms with Crippen molar-refractivity contribution in [1.82, 2.24) is 14.5 Å². The molecule has 3 aromatic rings. The van der Waals surface area contributed by atoms with Crippen LogP contribution in [0.5, 0.6) is 0 Å². The number of thioether (sulfide) groups is 1. The van der Waals surface area contributed by atoms with Crippen molar-refractivity contribution in [2.24, 2.45) is 0 Å². The number of carbonyl (C=O) groups excluding carboxylic acids is 1. The number of hydrogen-bond donors (Lipinski definition) is 0. The van der Waals surface area contributed by atoms with Crippen LogP contribution in [0.1, 0.15) is 69.4 Å². The molecule has 0 saturated carbocycles. The zero-order valence-corrected chi connectivity index (χ0v) is 23.7. The highest BCUT2D eigenvalue weighted by Crippen LogP contribution is 2.38. The first-order valence-electron chi connectivity index (χ1n) is 12.9. The monoisotopic (exact) mass is 527 g/mol. The first-order valence-corrected chi connectivity index (χ1v) is 14.7. The average molecular weight is 528 g/mol. The van der Waals surface area contributed by atoms with Crippen molar-refractivity contribution in [3.05, 3.63) is 50.6 Å². The molecule has 1 aliphatic rings. The van der Waals surface area contributed by atoms with Crippen LogP contribution >= 0.6 is 23.1 Å². The standard InChI is InChI=1S/C28H37N3O3S2/c1-6-8-13-30(14-9-7-2)23(32)18-35-27-29-25-24(21-16-28(4,5)34-17-22(21)36-25)26(33)31(27)20-12-10-11-19(3)15-20/h10-12,15H,6-9,13-14,16-18H2,1-5H3. The Kier molecular flexibility index (Phi) is 8.58. The van der Waals surface area contributed by atoms with Crippen LogP contribution in [0.25, 0.3) is 15.9 Å². The van der Waals surface area contributed by atoms with Gasteiger partial charge in [0.1, 0.15) is 4.83 Å². The molecule has 36 heavy (non-hydrogen) atoms. The number of ether oxygens (including phenoxy) is 1. The minimum Gasteiger partial charge on any atom is -0.370 e. The number of nitrogens with zero attached hydrogens (tertiary/aromatic N) is 3. The van der Waals surface area contributed by atoms with E-state index in [1.54, 1.807) is 15.9 Å². The van der Waals surface area contributed by atoms with Crippen LogP contribution in [0.15, 0.2) is 34.2 Å². The van der Waals surface area contributed by atoms with E-state index in [4.69, 9.17) is 9.72 Å². The summed E-state index contributed by atoms with van der Waals surface area (Å²) in [5, 5.41) is 1.26. The highest BCUT2D eigenvalue weighted by Gasteiger charge is 2.31. The molecule has 0 fully saturated rings. The first kappa shape index (κ1) is 26.9. The Morgan fingerprint density at radius 3 is 2.61 bits per heavy atom. The molecule has 1 aromatic carbocycles. The predicted molar refractivity (Wildman–Crippen MR) is 150 cm³/mol. The zero-order valence-electron chi connectivity index (χ0n) is 22.1. The van der Waals surface area contributed by atoms with E-state index in [0.29, 0.717) is 23.6 Å². The molecule has 4 rings (SSSR count). The van der Waals surface area contributed by atoms with E-state index in [-0.39, 0.29) is 22.8 Å². The van der Waals surface area contributed by atoms with E-state index in [1.165, 1.54) is 11.8 Å². The summed E-state index contributed by atoms with van der Waals surface area (Å²) in [4.78, 5) is 36.0. The van der Waals surface area contributed by atoms with Crippen molar-refractivity contribution in [3.8, 4) is 5.69 Å².